The fourth-order valence-electron chi connectivity index (χ4n) is 14.2. The molecule has 5 nitrogen and oxygen atoms in total. The van der Waals surface area contributed by atoms with E-state index in [1.54, 1.807) is 0 Å². The number of rotatable bonds is 12. The Kier molecular flexibility index (Phi) is 20.2. The van der Waals surface area contributed by atoms with Crippen LogP contribution < -0.4 is 4.67 Å². The molecule has 0 saturated carbocycles. The van der Waals surface area contributed by atoms with Crippen LogP contribution in [0.2, 0.25) is 10.0 Å². The van der Waals surface area contributed by atoms with E-state index in [4.69, 9.17) is 27.9 Å². The maximum Gasteiger partial charge on any atom is 0.375 e. The molecule has 0 aromatic heterocycles. The molecule has 4 atom stereocenters. The highest BCUT2D eigenvalue weighted by atomic mass is 35.5. The van der Waals surface area contributed by atoms with Crippen LogP contribution in [-0.4, -0.2) is 31.5 Å². The van der Waals surface area contributed by atoms with Crippen molar-refractivity contribution in [1.29, 1.82) is 0 Å². The summed E-state index contributed by atoms with van der Waals surface area (Å²) >= 11 is 16.3. The van der Waals surface area contributed by atoms with Crippen molar-refractivity contribution >= 4 is 35.1 Å². The monoisotopic (exact) mass is 1330 g/mol. The van der Waals surface area contributed by atoms with E-state index in [9.17, 15) is 0 Å². The molecule has 0 unspecified atom stereocenters. The molecule has 512 valence electrons. The number of benzene rings is 8. The molecule has 0 amide bonds. The second kappa shape index (κ2) is 26.9. The summed E-state index contributed by atoms with van der Waals surface area (Å²) < 4.78 is 6.77. The van der Waals surface area contributed by atoms with Gasteiger partial charge in [0.05, 0.1) is 36.2 Å². The van der Waals surface area contributed by atoms with Crippen molar-refractivity contribution in [3.63, 3.8) is 0 Å². The molecule has 2 heterocycles. The highest BCUT2D eigenvalue weighted by molar-refractivity contribution is 6.32. The Morgan fingerprint density at radius 1 is 0.268 bits per heavy atom. The summed E-state index contributed by atoms with van der Waals surface area (Å²) in [7, 11) is 0. The van der Waals surface area contributed by atoms with Gasteiger partial charge in [0.15, 0.2) is 0 Å². The molecule has 0 radical (unpaired) electrons. The minimum atomic E-state index is -0.268. The smallest absolute Gasteiger partial charge is 0.268 e. The van der Waals surface area contributed by atoms with Crippen molar-refractivity contribution in [2.75, 3.05) is 0 Å². The van der Waals surface area contributed by atoms with Crippen molar-refractivity contribution in [2.45, 2.75) is 260 Å². The second-order valence-corrected chi connectivity index (χ2v) is 37.2. The lowest BCUT2D eigenvalue weighted by atomic mass is 9.79. The third kappa shape index (κ3) is 16.0. The van der Waals surface area contributed by atoms with Crippen molar-refractivity contribution in [3.8, 4) is 0 Å². The number of hydrogen-bond donors (Lipinski definition) is 0. The first kappa shape index (κ1) is 72.7. The molecule has 2 aliphatic rings. The van der Waals surface area contributed by atoms with Gasteiger partial charge in [0.1, 0.15) is 24.2 Å². The predicted molar refractivity (Wildman–Crippen MR) is 416 cm³/mol. The molecule has 10 rings (SSSR count). The van der Waals surface area contributed by atoms with E-state index in [-0.39, 0.29) is 67.5 Å². The highest BCUT2D eigenvalue weighted by Crippen LogP contribution is 2.51. The van der Waals surface area contributed by atoms with Crippen molar-refractivity contribution in [3.05, 3.63) is 281 Å². The van der Waals surface area contributed by atoms with Crippen LogP contribution in [0.25, 0.3) is 0 Å². The SMILES string of the molecule is CC(C)(C)c1cc(CN2C(=[N+]=C3N(Cc4cc(C(C)(C)C)cc(C(C)(C)C)c4Cl)[C@@H](c4ccccc4)[C@H](c4ccccc4)N3Cc3cc(C(C)(C)C)cc(C(C)(C)C)c3Cl)N(Cc3cc(C(C)(C)C)cc(C(C)(C)C)c3)[C@@H](c3ccccc3)[C@@H]2c2ccccc2)cc(C(C)(C)C)c1. The van der Waals surface area contributed by atoms with Crippen LogP contribution in [0.15, 0.2) is 182 Å². The first-order valence-corrected chi connectivity index (χ1v) is 36.4. The second-order valence-electron chi connectivity index (χ2n) is 36.5. The van der Waals surface area contributed by atoms with E-state index < -0.39 is 0 Å². The number of nitrogens with zero attached hydrogens (tertiary/aromatic N) is 5. The van der Waals surface area contributed by atoms with Crippen LogP contribution in [0.5, 0.6) is 0 Å². The van der Waals surface area contributed by atoms with E-state index in [1.165, 1.54) is 66.8 Å². The Hall–Kier alpha value is -7.01. The van der Waals surface area contributed by atoms with E-state index in [0.717, 1.165) is 44.2 Å². The molecular weight excluding hydrogens is 1220 g/mol. The van der Waals surface area contributed by atoms with Gasteiger partial charge in [-0.15, -0.1) is 0 Å². The average Bonchev–Trinajstić information content (AvgIpc) is 1.59. The Morgan fingerprint density at radius 2 is 0.485 bits per heavy atom. The molecule has 8 aromatic carbocycles. The van der Waals surface area contributed by atoms with Gasteiger partial charge in [0, 0.05) is 0 Å². The summed E-state index contributed by atoms with van der Waals surface area (Å²) in [4.78, 5) is 10.7. The molecule has 0 aliphatic carbocycles. The van der Waals surface area contributed by atoms with Crippen LogP contribution in [0.1, 0.15) is 279 Å². The first-order valence-electron chi connectivity index (χ1n) is 35.7. The predicted octanol–water partition coefficient (Wildman–Crippen LogP) is 23.5. The topological polar surface area (TPSA) is 27.1 Å². The minimum absolute atomic E-state index is 0.116. The fourth-order valence-corrected chi connectivity index (χ4v) is 15.1. The number of guanidine groups is 2. The van der Waals surface area contributed by atoms with Crippen LogP contribution in [0, 0.1) is 0 Å². The van der Waals surface area contributed by atoms with Gasteiger partial charge in [-0.25, -0.2) is 4.67 Å². The zero-order valence-electron chi connectivity index (χ0n) is 63.5. The maximum absolute atomic E-state index is 8.13. The summed E-state index contributed by atoms with van der Waals surface area (Å²) in [5.74, 6) is 1.76. The van der Waals surface area contributed by atoms with Crippen LogP contribution in [0.4, 0.5) is 0 Å². The molecule has 0 bridgehead atoms. The summed E-state index contributed by atoms with van der Waals surface area (Å²) in [5.41, 5.74) is 18.2. The summed E-state index contributed by atoms with van der Waals surface area (Å²) in [5, 5.41) is 1.59. The lowest BCUT2D eigenvalue weighted by Gasteiger charge is -2.30. The van der Waals surface area contributed by atoms with E-state index in [2.05, 4.69) is 368 Å². The minimum Gasteiger partial charge on any atom is -0.268 e. The first-order chi connectivity index (χ1) is 45.0. The maximum atomic E-state index is 8.13. The van der Waals surface area contributed by atoms with Gasteiger partial charge >= 0.3 is 11.9 Å². The zero-order chi connectivity index (χ0) is 70.9. The molecule has 0 N–H and O–H groups in total. The Balaban J connectivity index is 1.45. The van der Waals surface area contributed by atoms with Crippen LogP contribution in [-0.2, 0) is 69.5 Å². The third-order valence-corrected chi connectivity index (χ3v) is 21.1. The Bertz CT molecular complexity index is 3830. The summed E-state index contributed by atoms with van der Waals surface area (Å²) in [6.45, 7) is 58.1. The molecule has 0 spiro atoms. The number of halogens is 2. The average molecular weight is 1340 g/mol. The third-order valence-electron chi connectivity index (χ3n) is 20.2. The van der Waals surface area contributed by atoms with Gasteiger partial charge in [-0.1, -0.05) is 371 Å². The summed E-state index contributed by atoms with van der Waals surface area (Å²) in [6, 6.07) is 68.5. The molecule has 97 heavy (non-hydrogen) atoms. The summed E-state index contributed by atoms with van der Waals surface area (Å²) in [6.07, 6.45) is 0. The van der Waals surface area contributed by atoms with Crippen molar-refractivity contribution in [2.24, 2.45) is 0 Å². The van der Waals surface area contributed by atoms with E-state index in [0.29, 0.717) is 26.2 Å². The van der Waals surface area contributed by atoms with Gasteiger partial charge in [0.2, 0.25) is 0 Å². The van der Waals surface area contributed by atoms with E-state index >= 15 is 0 Å². The lowest BCUT2D eigenvalue weighted by molar-refractivity contribution is 0.263. The fraction of sp³-hybridized carbons (Fsp3) is 0.444. The zero-order valence-corrected chi connectivity index (χ0v) is 65.0. The Morgan fingerprint density at radius 3 is 0.701 bits per heavy atom. The normalized spacial score (nSPS) is 17.8. The molecule has 8 aromatic rings. The van der Waals surface area contributed by atoms with Crippen molar-refractivity contribution < 1.29 is 0 Å². The lowest BCUT2D eigenvalue weighted by Crippen LogP contribution is -2.42. The largest absolute Gasteiger partial charge is 0.375 e. The van der Waals surface area contributed by atoms with Gasteiger partial charge in [-0.2, -0.15) is 0 Å². The van der Waals surface area contributed by atoms with Crippen LogP contribution in [0.3, 0.4) is 0 Å². The molecular formula is C90H114Cl2N5+. The quantitative estimate of drug-likeness (QED) is 0.114. The van der Waals surface area contributed by atoms with Gasteiger partial charge in [-0.3, -0.25) is 19.6 Å². The van der Waals surface area contributed by atoms with Crippen LogP contribution >= 0.6 is 23.2 Å². The standard InChI is InChI=1S/C90H114Cl2N5/c1-83(2,3)67-45-59(46-68(51-67)84(4,5)6)55-94-77(61-37-29-25-30-38-61)78(62-39-31-26-32-40-62)95(56-60-47-69(85(7,8)9)52-70(48-60)86(10,11)12)81(94)93-82-96(57-65-49-71(87(13,14)15)53-73(75(65)91)89(19,20)21)79(63-41-33-27-34-42-63)80(64-43-35-28-36-44-64)97(82)58-66-50-72(88(16,17)18)54-74(76(66)92)90(22,23)24/h25-54,77-80H,55-58H2,1-24H3/q+1/t77-,78-,79-,80-/m0/s1. The van der Waals surface area contributed by atoms with Gasteiger partial charge in [0.25, 0.3) is 0 Å². The molecule has 2 saturated heterocycles. The molecule has 2 aliphatic heterocycles. The molecule has 7 heteroatoms. The Labute approximate surface area is 596 Å². The van der Waals surface area contributed by atoms with Gasteiger partial charge < -0.3 is 0 Å². The van der Waals surface area contributed by atoms with Crippen molar-refractivity contribution in [1.82, 2.24) is 24.3 Å². The van der Waals surface area contributed by atoms with Gasteiger partial charge in [-0.05, 0) is 132 Å². The van der Waals surface area contributed by atoms with E-state index in [1.807, 2.05) is 0 Å². The highest BCUT2D eigenvalue weighted by Gasteiger charge is 2.55. The number of hydrogen-bond acceptors (Lipinski definition) is 0. The molecule has 2 fully saturated rings.